The zero-order valence-corrected chi connectivity index (χ0v) is 22.7. The molecule has 0 spiro atoms. The van der Waals surface area contributed by atoms with Crippen LogP contribution >= 0.6 is 0 Å². The molecule has 12 nitrogen and oxygen atoms in total. The molecule has 6 rings (SSSR count). The van der Waals surface area contributed by atoms with Crippen LogP contribution in [0.3, 0.4) is 0 Å². The molecule has 214 valence electrons. The summed E-state index contributed by atoms with van der Waals surface area (Å²) < 4.78 is 0. The van der Waals surface area contributed by atoms with E-state index in [1.165, 1.54) is 48.6 Å². The van der Waals surface area contributed by atoms with Gasteiger partial charge in [0.25, 0.3) is 29.3 Å². The van der Waals surface area contributed by atoms with Crippen molar-refractivity contribution < 1.29 is 24.1 Å². The number of benzene rings is 4. The van der Waals surface area contributed by atoms with Crippen molar-refractivity contribution in [1.29, 1.82) is 0 Å². The van der Waals surface area contributed by atoms with Gasteiger partial charge in [-0.2, -0.15) is 10.2 Å². The Balaban J connectivity index is 1.31. The highest BCUT2D eigenvalue weighted by molar-refractivity contribution is 6.28. The van der Waals surface area contributed by atoms with E-state index in [-0.39, 0.29) is 5.69 Å². The van der Waals surface area contributed by atoms with Crippen LogP contribution < -0.4 is 14.7 Å². The van der Waals surface area contributed by atoms with Gasteiger partial charge in [0.2, 0.25) is 0 Å². The van der Waals surface area contributed by atoms with Crippen LogP contribution in [0.15, 0.2) is 132 Å². The van der Waals surface area contributed by atoms with Gasteiger partial charge in [0.1, 0.15) is 0 Å². The highest BCUT2D eigenvalue weighted by atomic mass is 16.6. The van der Waals surface area contributed by atoms with Gasteiger partial charge in [-0.1, -0.05) is 0 Å². The second-order valence-electron chi connectivity index (χ2n) is 9.55. The monoisotopic (exact) mass is 584 g/mol. The number of carbonyl (C=O) groups is 4. The molecule has 0 saturated heterocycles. The largest absolute Gasteiger partial charge is 0.310 e. The summed E-state index contributed by atoms with van der Waals surface area (Å²) in [5.74, 6) is -1.69. The quantitative estimate of drug-likeness (QED) is 0.102. The molecule has 0 unspecified atom stereocenters. The number of nitrogens with zero attached hydrogens (tertiary/aromatic N) is 6. The van der Waals surface area contributed by atoms with E-state index in [9.17, 15) is 29.3 Å². The number of carbonyl (C=O) groups excluding carboxylic acids is 4. The van der Waals surface area contributed by atoms with Crippen molar-refractivity contribution in [3.8, 4) is 0 Å². The van der Waals surface area contributed by atoms with E-state index in [0.29, 0.717) is 34.1 Å². The Labute approximate surface area is 249 Å². The first-order valence-corrected chi connectivity index (χ1v) is 13.2. The van der Waals surface area contributed by atoms with Crippen LogP contribution in [0.1, 0.15) is 0 Å². The minimum atomic E-state index is -0.488. The van der Waals surface area contributed by atoms with Crippen LogP contribution in [-0.2, 0) is 19.2 Å². The molecular weight excluding hydrogens is 564 g/mol. The molecule has 2 heterocycles. The van der Waals surface area contributed by atoms with Crippen molar-refractivity contribution in [1.82, 2.24) is 0 Å². The number of azo groups is 1. The highest BCUT2D eigenvalue weighted by Gasteiger charge is 2.27. The molecule has 0 bridgehead atoms. The molecule has 0 radical (unpaired) electrons. The van der Waals surface area contributed by atoms with Crippen LogP contribution in [0.5, 0.6) is 0 Å². The van der Waals surface area contributed by atoms with Crippen molar-refractivity contribution in [3.05, 3.63) is 131 Å². The summed E-state index contributed by atoms with van der Waals surface area (Å²) in [5.41, 5.74) is 3.92. The molecule has 0 N–H and O–H groups in total. The second-order valence-corrected chi connectivity index (χ2v) is 9.55. The molecular formula is C32H20N6O6. The van der Waals surface area contributed by atoms with Gasteiger partial charge in [0, 0.05) is 53.5 Å². The predicted octanol–water partition coefficient (Wildman–Crippen LogP) is 6.34. The number of anilines is 5. The summed E-state index contributed by atoms with van der Waals surface area (Å²) in [6.07, 6.45) is 4.87. The first-order chi connectivity index (χ1) is 21.3. The summed E-state index contributed by atoms with van der Waals surface area (Å²) in [6, 6.07) is 26.6. The zero-order chi connectivity index (χ0) is 30.8. The average Bonchev–Trinajstić information content (AvgIpc) is 3.56. The van der Waals surface area contributed by atoms with Gasteiger partial charge in [-0.25, -0.2) is 9.80 Å². The van der Waals surface area contributed by atoms with Crippen LogP contribution in [-0.4, -0.2) is 28.6 Å². The molecule has 0 fully saturated rings. The Morgan fingerprint density at radius 1 is 0.500 bits per heavy atom. The van der Waals surface area contributed by atoms with Crippen molar-refractivity contribution in [2.45, 2.75) is 0 Å². The summed E-state index contributed by atoms with van der Waals surface area (Å²) in [6.45, 7) is 0. The SMILES string of the molecule is O=C1C=CC(=O)N1c1ccc(N(c2ccc(N=Nc3ccc([N+](=O)[O-])cc3)cc2)c2ccc(N3C(=O)C=CC3=O)cc2)cc1. The Bertz CT molecular complexity index is 1780. The standard InChI is InChI=1S/C32H20N6O6/c39-29-17-18-30(40)36(29)26-13-9-24(10-14-26)35(25-11-15-27(16-12-25)37-31(41)19-20-32(37)42)23-5-1-21(2-6-23)33-34-22-3-7-28(8-4-22)38(43)44/h1-20H. The molecule has 0 saturated carbocycles. The number of rotatable bonds is 8. The number of non-ortho nitro benzene ring substituents is 1. The topological polar surface area (TPSA) is 146 Å². The lowest BCUT2D eigenvalue weighted by Gasteiger charge is -2.26. The normalized spacial score (nSPS) is 14.4. The fourth-order valence-electron chi connectivity index (χ4n) is 4.68. The van der Waals surface area contributed by atoms with E-state index < -0.39 is 28.6 Å². The number of hydrogen-bond acceptors (Lipinski definition) is 9. The van der Waals surface area contributed by atoms with Gasteiger partial charge in [-0.05, 0) is 84.9 Å². The lowest BCUT2D eigenvalue weighted by Crippen LogP contribution is -2.29. The molecule has 4 amide bonds. The lowest BCUT2D eigenvalue weighted by atomic mass is 10.1. The van der Waals surface area contributed by atoms with E-state index in [1.807, 2.05) is 17.0 Å². The Kier molecular flexibility index (Phi) is 7.13. The van der Waals surface area contributed by atoms with Crippen LogP contribution in [0.2, 0.25) is 0 Å². The van der Waals surface area contributed by atoms with Gasteiger partial charge < -0.3 is 4.90 Å². The average molecular weight is 585 g/mol. The maximum absolute atomic E-state index is 12.2. The maximum Gasteiger partial charge on any atom is 0.269 e. The van der Waals surface area contributed by atoms with Gasteiger partial charge in [0.05, 0.1) is 27.7 Å². The summed E-state index contributed by atoms with van der Waals surface area (Å²) in [7, 11) is 0. The molecule has 12 heteroatoms. The molecule has 0 aliphatic carbocycles. The first kappa shape index (κ1) is 27.6. The van der Waals surface area contributed by atoms with Crippen molar-refractivity contribution in [2.75, 3.05) is 14.7 Å². The smallest absolute Gasteiger partial charge is 0.269 e. The zero-order valence-electron chi connectivity index (χ0n) is 22.7. The molecule has 2 aliphatic rings. The second kappa shape index (κ2) is 11.4. The van der Waals surface area contributed by atoms with Gasteiger partial charge >= 0.3 is 0 Å². The molecule has 4 aromatic rings. The fourth-order valence-corrected chi connectivity index (χ4v) is 4.68. The third-order valence-electron chi connectivity index (χ3n) is 6.80. The van der Waals surface area contributed by atoms with Crippen molar-refractivity contribution >= 4 is 69.1 Å². The van der Waals surface area contributed by atoms with E-state index in [2.05, 4.69) is 10.2 Å². The Morgan fingerprint density at radius 2 is 0.818 bits per heavy atom. The maximum atomic E-state index is 12.2. The Hall–Kier alpha value is -6.56. The van der Waals surface area contributed by atoms with Crippen molar-refractivity contribution in [2.24, 2.45) is 10.2 Å². The minimum Gasteiger partial charge on any atom is -0.310 e. The van der Waals surface area contributed by atoms with E-state index in [1.54, 1.807) is 60.7 Å². The van der Waals surface area contributed by atoms with Gasteiger partial charge in [0.15, 0.2) is 0 Å². The molecule has 44 heavy (non-hydrogen) atoms. The van der Waals surface area contributed by atoms with E-state index in [4.69, 9.17) is 0 Å². The number of nitro groups is 1. The van der Waals surface area contributed by atoms with E-state index in [0.717, 1.165) is 15.5 Å². The molecule has 0 aromatic heterocycles. The third-order valence-corrected chi connectivity index (χ3v) is 6.80. The van der Waals surface area contributed by atoms with Gasteiger partial charge in [-0.15, -0.1) is 0 Å². The molecule has 2 aliphatic heterocycles. The predicted molar refractivity (Wildman–Crippen MR) is 162 cm³/mol. The van der Waals surface area contributed by atoms with Crippen LogP contribution in [0, 0.1) is 10.1 Å². The van der Waals surface area contributed by atoms with Gasteiger partial charge in [-0.3, -0.25) is 29.3 Å². The first-order valence-electron chi connectivity index (χ1n) is 13.2. The summed E-state index contributed by atoms with van der Waals surface area (Å²) in [4.78, 5) is 63.1. The molecule has 0 atom stereocenters. The number of imide groups is 2. The van der Waals surface area contributed by atoms with Crippen LogP contribution in [0.25, 0.3) is 0 Å². The van der Waals surface area contributed by atoms with Crippen molar-refractivity contribution in [3.63, 3.8) is 0 Å². The Morgan fingerprint density at radius 3 is 1.16 bits per heavy atom. The summed E-state index contributed by atoms with van der Waals surface area (Å²) in [5, 5.41) is 19.2. The third kappa shape index (κ3) is 5.37. The number of amides is 4. The lowest BCUT2D eigenvalue weighted by molar-refractivity contribution is -0.384. The fraction of sp³-hybridized carbons (Fsp3) is 0. The number of hydrogen-bond donors (Lipinski definition) is 0. The minimum absolute atomic E-state index is 0.0416. The van der Waals surface area contributed by atoms with E-state index >= 15 is 0 Å². The highest BCUT2D eigenvalue weighted by Crippen LogP contribution is 2.37. The van der Waals surface area contributed by atoms with Crippen LogP contribution in [0.4, 0.5) is 45.5 Å². The molecule has 4 aromatic carbocycles. The number of nitro benzene ring substituents is 1. The summed E-state index contributed by atoms with van der Waals surface area (Å²) >= 11 is 0.